The van der Waals surface area contributed by atoms with Crippen LogP contribution in [0.4, 0.5) is 0 Å². The van der Waals surface area contributed by atoms with Gasteiger partial charge in [-0.05, 0) is 49.7 Å². The van der Waals surface area contributed by atoms with E-state index >= 15 is 0 Å². The molecule has 0 bridgehead atoms. The van der Waals surface area contributed by atoms with Gasteiger partial charge in [0.05, 0.1) is 10.5 Å². The maximum absolute atomic E-state index is 12.0. The Labute approximate surface area is 141 Å². The number of aryl methyl sites for hydroxylation is 2. The number of sulfonamides is 1. The van der Waals surface area contributed by atoms with Gasteiger partial charge < -0.3 is 9.47 Å². The minimum Gasteiger partial charge on any atom is -0.490 e. The summed E-state index contributed by atoms with van der Waals surface area (Å²) in [5.41, 5.74) is 2.37. The second kappa shape index (κ2) is 7.46. The van der Waals surface area contributed by atoms with Crippen molar-refractivity contribution >= 4 is 16.0 Å². The summed E-state index contributed by atoms with van der Waals surface area (Å²) in [7, 11) is -3.72. The second-order valence-corrected chi connectivity index (χ2v) is 6.88. The van der Waals surface area contributed by atoms with E-state index in [9.17, 15) is 13.2 Å². The smallest absolute Gasteiger partial charge is 0.338 e. The summed E-state index contributed by atoms with van der Waals surface area (Å²) in [5, 5.41) is 5.01. The van der Waals surface area contributed by atoms with Crippen molar-refractivity contribution in [2.75, 3.05) is 13.2 Å². The molecule has 0 spiro atoms. The molecule has 24 heavy (non-hydrogen) atoms. The Balaban J connectivity index is 1.84. The van der Waals surface area contributed by atoms with E-state index in [2.05, 4.69) is 0 Å². The largest absolute Gasteiger partial charge is 0.490 e. The van der Waals surface area contributed by atoms with Crippen molar-refractivity contribution in [3.63, 3.8) is 0 Å². The fourth-order valence-electron chi connectivity index (χ4n) is 2.05. The summed E-state index contributed by atoms with van der Waals surface area (Å²) in [5.74, 6) is 0.0644. The van der Waals surface area contributed by atoms with Gasteiger partial charge in [0.25, 0.3) is 0 Å². The van der Waals surface area contributed by atoms with Gasteiger partial charge in [0.15, 0.2) is 0 Å². The summed E-state index contributed by atoms with van der Waals surface area (Å²) in [6.07, 6.45) is 0. The zero-order chi connectivity index (χ0) is 17.7. The molecule has 0 aliphatic heterocycles. The lowest BCUT2D eigenvalue weighted by molar-refractivity contribution is 0.0449. The fourth-order valence-corrected chi connectivity index (χ4v) is 2.57. The number of primary sulfonamides is 1. The van der Waals surface area contributed by atoms with Crippen LogP contribution in [0.1, 0.15) is 21.5 Å². The van der Waals surface area contributed by atoms with Crippen molar-refractivity contribution in [1.29, 1.82) is 0 Å². The number of carbonyl (C=O) groups excluding carboxylic acids is 1. The van der Waals surface area contributed by atoms with E-state index in [4.69, 9.17) is 14.6 Å². The molecule has 0 radical (unpaired) electrons. The van der Waals surface area contributed by atoms with Gasteiger partial charge in [-0.15, -0.1) is 0 Å². The van der Waals surface area contributed by atoms with Crippen molar-refractivity contribution in [3.8, 4) is 5.75 Å². The summed E-state index contributed by atoms with van der Waals surface area (Å²) in [6, 6.07) is 11.3. The highest BCUT2D eigenvalue weighted by Gasteiger charge is 2.11. The third-order valence-corrected chi connectivity index (χ3v) is 4.28. The molecular weight excluding hydrogens is 330 g/mol. The number of hydrogen-bond donors (Lipinski definition) is 1. The van der Waals surface area contributed by atoms with Crippen LogP contribution < -0.4 is 9.88 Å². The molecular formula is C17H19NO5S. The molecule has 0 heterocycles. The lowest BCUT2D eigenvalue weighted by atomic mass is 10.1. The maximum Gasteiger partial charge on any atom is 0.338 e. The second-order valence-electron chi connectivity index (χ2n) is 5.32. The number of rotatable bonds is 6. The monoisotopic (exact) mass is 349 g/mol. The first-order valence-corrected chi connectivity index (χ1v) is 8.82. The molecule has 0 unspecified atom stereocenters. The fraction of sp³-hybridized carbons (Fsp3) is 0.235. The first-order chi connectivity index (χ1) is 11.3. The predicted molar refractivity (Wildman–Crippen MR) is 89.5 cm³/mol. The Bertz CT molecular complexity index is 829. The first-order valence-electron chi connectivity index (χ1n) is 7.27. The molecule has 0 atom stereocenters. The molecule has 0 aliphatic rings. The van der Waals surface area contributed by atoms with Gasteiger partial charge in [-0.3, -0.25) is 0 Å². The molecule has 2 aromatic rings. The van der Waals surface area contributed by atoms with E-state index in [0.29, 0.717) is 11.3 Å². The molecule has 2 N–H and O–H groups in total. The van der Waals surface area contributed by atoms with E-state index in [-0.39, 0.29) is 18.1 Å². The van der Waals surface area contributed by atoms with E-state index in [0.717, 1.165) is 11.1 Å². The SMILES string of the molecule is Cc1ccc(C)c(C(=O)OCCOc2ccc(S(N)(=O)=O)cc2)c1. The highest BCUT2D eigenvalue weighted by molar-refractivity contribution is 7.89. The zero-order valence-electron chi connectivity index (χ0n) is 13.5. The lowest BCUT2D eigenvalue weighted by Gasteiger charge is -2.09. The van der Waals surface area contributed by atoms with Gasteiger partial charge in [0.2, 0.25) is 10.0 Å². The summed E-state index contributed by atoms with van der Waals surface area (Å²) in [6.45, 7) is 4.00. The van der Waals surface area contributed by atoms with Crippen LogP contribution in [0.15, 0.2) is 47.4 Å². The Kier molecular flexibility index (Phi) is 5.58. The molecule has 0 saturated carbocycles. The van der Waals surface area contributed by atoms with E-state index in [1.165, 1.54) is 24.3 Å². The van der Waals surface area contributed by atoms with Crippen molar-refractivity contribution in [2.24, 2.45) is 5.14 Å². The number of benzene rings is 2. The van der Waals surface area contributed by atoms with Crippen LogP contribution in [0.2, 0.25) is 0 Å². The number of carbonyl (C=O) groups is 1. The predicted octanol–water partition coefficient (Wildman–Crippen LogP) is 2.19. The minimum absolute atomic E-state index is 0.0104. The number of nitrogens with two attached hydrogens (primary N) is 1. The normalized spacial score (nSPS) is 11.1. The average molecular weight is 349 g/mol. The van der Waals surface area contributed by atoms with E-state index < -0.39 is 16.0 Å². The number of ether oxygens (including phenoxy) is 2. The van der Waals surface area contributed by atoms with Gasteiger partial charge in [-0.1, -0.05) is 17.7 Å². The van der Waals surface area contributed by atoms with Crippen LogP contribution in [-0.2, 0) is 14.8 Å². The van der Waals surface area contributed by atoms with Crippen LogP contribution in [0.5, 0.6) is 5.75 Å². The Morgan fingerprint density at radius 1 is 1.04 bits per heavy atom. The Morgan fingerprint density at radius 3 is 2.33 bits per heavy atom. The molecule has 0 aliphatic carbocycles. The molecule has 128 valence electrons. The van der Waals surface area contributed by atoms with Gasteiger partial charge in [0, 0.05) is 0 Å². The van der Waals surface area contributed by atoms with Crippen LogP contribution in [0.25, 0.3) is 0 Å². The Morgan fingerprint density at radius 2 is 1.71 bits per heavy atom. The van der Waals surface area contributed by atoms with Gasteiger partial charge in [0.1, 0.15) is 19.0 Å². The molecule has 0 aromatic heterocycles. The summed E-state index contributed by atoms with van der Waals surface area (Å²) >= 11 is 0. The number of hydrogen-bond acceptors (Lipinski definition) is 5. The standard InChI is InChI=1S/C17H19NO5S/c1-12-3-4-13(2)16(11-12)17(19)23-10-9-22-14-5-7-15(8-6-14)24(18,20)21/h3-8,11H,9-10H2,1-2H3,(H2,18,20,21). The molecule has 0 saturated heterocycles. The Hall–Kier alpha value is -2.38. The molecule has 2 aromatic carbocycles. The third kappa shape index (κ3) is 4.81. The van der Waals surface area contributed by atoms with Crippen molar-refractivity contribution in [1.82, 2.24) is 0 Å². The topological polar surface area (TPSA) is 95.7 Å². The molecule has 6 nitrogen and oxygen atoms in total. The van der Waals surface area contributed by atoms with E-state index in [1.54, 1.807) is 6.07 Å². The van der Waals surface area contributed by atoms with E-state index in [1.807, 2.05) is 26.0 Å². The van der Waals surface area contributed by atoms with Crippen molar-refractivity contribution in [2.45, 2.75) is 18.7 Å². The first kappa shape index (κ1) is 18.0. The number of esters is 1. The molecule has 7 heteroatoms. The van der Waals surface area contributed by atoms with Crippen molar-refractivity contribution in [3.05, 3.63) is 59.2 Å². The van der Waals surface area contributed by atoms with Crippen LogP contribution in [0.3, 0.4) is 0 Å². The quantitative estimate of drug-likeness (QED) is 0.637. The zero-order valence-corrected chi connectivity index (χ0v) is 14.3. The van der Waals surface area contributed by atoms with Crippen molar-refractivity contribution < 1.29 is 22.7 Å². The van der Waals surface area contributed by atoms with Crippen LogP contribution >= 0.6 is 0 Å². The summed E-state index contributed by atoms with van der Waals surface area (Å²) in [4.78, 5) is 12.0. The molecule has 0 fully saturated rings. The third-order valence-electron chi connectivity index (χ3n) is 3.35. The lowest BCUT2D eigenvalue weighted by Crippen LogP contribution is -2.14. The van der Waals surface area contributed by atoms with Crippen LogP contribution in [0, 0.1) is 13.8 Å². The van der Waals surface area contributed by atoms with Gasteiger partial charge in [-0.25, -0.2) is 18.4 Å². The van der Waals surface area contributed by atoms with Crippen LogP contribution in [-0.4, -0.2) is 27.6 Å². The molecule has 2 rings (SSSR count). The summed E-state index contributed by atoms with van der Waals surface area (Å²) < 4.78 is 32.9. The highest BCUT2D eigenvalue weighted by atomic mass is 32.2. The van der Waals surface area contributed by atoms with Gasteiger partial charge >= 0.3 is 5.97 Å². The minimum atomic E-state index is -3.72. The highest BCUT2D eigenvalue weighted by Crippen LogP contribution is 2.15. The molecule has 0 amide bonds. The van der Waals surface area contributed by atoms with Gasteiger partial charge in [-0.2, -0.15) is 0 Å². The maximum atomic E-state index is 12.0. The average Bonchev–Trinajstić information content (AvgIpc) is 2.53.